The van der Waals surface area contributed by atoms with Gasteiger partial charge in [-0.05, 0) is 43.0 Å². The monoisotopic (exact) mass is 275 g/mol. The van der Waals surface area contributed by atoms with Crippen LogP contribution in [0.3, 0.4) is 0 Å². The van der Waals surface area contributed by atoms with Crippen LogP contribution in [-0.4, -0.2) is 35.6 Å². The molecule has 0 amide bonds. The van der Waals surface area contributed by atoms with Crippen LogP contribution in [0.5, 0.6) is 0 Å². The van der Waals surface area contributed by atoms with E-state index in [0.717, 1.165) is 26.1 Å². The largest absolute Gasteiger partial charge is 0.312 e. The van der Waals surface area contributed by atoms with E-state index in [2.05, 4.69) is 49.0 Å². The zero-order valence-corrected chi connectivity index (χ0v) is 13.4. The second-order valence-corrected chi connectivity index (χ2v) is 6.92. The van der Waals surface area contributed by atoms with Crippen molar-refractivity contribution in [3.05, 3.63) is 29.6 Å². The van der Waals surface area contributed by atoms with Gasteiger partial charge in [0.1, 0.15) is 0 Å². The molecule has 1 N–H and O–H groups in total. The lowest BCUT2D eigenvalue weighted by molar-refractivity contribution is 0.190. The molecule has 1 atom stereocenters. The Morgan fingerprint density at radius 3 is 2.90 bits per heavy atom. The molecule has 3 nitrogen and oxygen atoms in total. The fraction of sp³-hybridized carbons (Fsp3) is 0.706. The van der Waals surface area contributed by atoms with Crippen molar-refractivity contribution in [2.45, 2.75) is 53.1 Å². The van der Waals surface area contributed by atoms with Gasteiger partial charge in [0.15, 0.2) is 0 Å². The molecule has 0 spiro atoms. The van der Waals surface area contributed by atoms with Crippen LogP contribution in [0, 0.1) is 5.41 Å². The predicted molar refractivity (Wildman–Crippen MR) is 84.8 cm³/mol. The second-order valence-electron chi connectivity index (χ2n) is 6.92. The Labute approximate surface area is 123 Å². The lowest BCUT2D eigenvalue weighted by Gasteiger charge is -2.33. The van der Waals surface area contributed by atoms with E-state index in [9.17, 15) is 0 Å². The zero-order valence-electron chi connectivity index (χ0n) is 13.4. The van der Waals surface area contributed by atoms with Crippen LogP contribution < -0.4 is 5.32 Å². The molecule has 0 bridgehead atoms. The number of nitrogens with zero attached hydrogens (tertiary/aromatic N) is 2. The molecule has 1 aliphatic rings. The maximum absolute atomic E-state index is 4.60. The van der Waals surface area contributed by atoms with Crippen molar-refractivity contribution in [1.82, 2.24) is 15.2 Å². The molecule has 1 unspecified atom stereocenters. The fourth-order valence-electron chi connectivity index (χ4n) is 2.86. The molecular formula is C17H29N3. The number of pyridine rings is 1. The van der Waals surface area contributed by atoms with Gasteiger partial charge in [-0.15, -0.1) is 0 Å². The molecule has 0 saturated carbocycles. The second kappa shape index (κ2) is 6.68. The molecular weight excluding hydrogens is 246 g/mol. The Balaban J connectivity index is 2.07. The van der Waals surface area contributed by atoms with Crippen LogP contribution in [0.1, 0.15) is 45.4 Å². The number of nitrogens with one attached hydrogen (secondary N) is 1. The van der Waals surface area contributed by atoms with Crippen molar-refractivity contribution in [3.8, 4) is 0 Å². The number of aromatic nitrogens is 1. The summed E-state index contributed by atoms with van der Waals surface area (Å²) < 4.78 is 0. The lowest BCUT2D eigenvalue weighted by Crippen LogP contribution is -2.46. The molecule has 3 heteroatoms. The Bertz CT molecular complexity index is 422. The third-order valence-corrected chi connectivity index (χ3v) is 4.27. The summed E-state index contributed by atoms with van der Waals surface area (Å²) in [4.78, 5) is 7.17. The van der Waals surface area contributed by atoms with E-state index in [1.54, 1.807) is 0 Å². The van der Waals surface area contributed by atoms with E-state index >= 15 is 0 Å². The van der Waals surface area contributed by atoms with Crippen molar-refractivity contribution in [2.75, 3.05) is 19.6 Å². The Kier molecular flexibility index (Phi) is 5.17. The summed E-state index contributed by atoms with van der Waals surface area (Å²) in [6.07, 6.45) is 4.21. The van der Waals surface area contributed by atoms with Gasteiger partial charge in [-0.25, -0.2) is 0 Å². The summed E-state index contributed by atoms with van der Waals surface area (Å²) in [6, 6.07) is 4.81. The first-order chi connectivity index (χ1) is 9.50. The van der Waals surface area contributed by atoms with Gasteiger partial charge in [0.2, 0.25) is 0 Å². The standard InChI is InChI=1S/C17H29N3/c1-5-14-8-6-9-18-15(14)12-20-11-7-10-19-16(13-20)17(2,3)4/h6,8-9,16,19H,5,7,10-13H2,1-4H3. The van der Waals surface area contributed by atoms with E-state index in [0.29, 0.717) is 11.5 Å². The van der Waals surface area contributed by atoms with Crippen LogP contribution in [0.25, 0.3) is 0 Å². The topological polar surface area (TPSA) is 28.2 Å². The lowest BCUT2D eigenvalue weighted by atomic mass is 9.86. The van der Waals surface area contributed by atoms with Gasteiger partial charge in [0.25, 0.3) is 0 Å². The molecule has 1 saturated heterocycles. The van der Waals surface area contributed by atoms with Gasteiger partial charge < -0.3 is 5.32 Å². The van der Waals surface area contributed by atoms with E-state index in [-0.39, 0.29) is 0 Å². The van der Waals surface area contributed by atoms with Crippen LogP contribution in [0.4, 0.5) is 0 Å². The molecule has 112 valence electrons. The van der Waals surface area contributed by atoms with Gasteiger partial charge in [0.05, 0.1) is 5.69 Å². The van der Waals surface area contributed by atoms with Crippen LogP contribution in [0.15, 0.2) is 18.3 Å². The molecule has 1 aromatic heterocycles. The SMILES string of the molecule is CCc1cccnc1CN1CCCNC(C(C)(C)C)C1. The molecule has 0 radical (unpaired) electrons. The highest BCUT2D eigenvalue weighted by Crippen LogP contribution is 2.22. The predicted octanol–water partition coefficient (Wildman–Crippen LogP) is 2.85. The van der Waals surface area contributed by atoms with E-state index in [1.807, 2.05) is 12.3 Å². The quantitative estimate of drug-likeness (QED) is 0.919. The molecule has 0 aliphatic carbocycles. The van der Waals surface area contributed by atoms with Gasteiger partial charge >= 0.3 is 0 Å². The highest BCUT2D eigenvalue weighted by Gasteiger charge is 2.28. The minimum atomic E-state index is 0.306. The number of aryl methyl sites for hydroxylation is 1. The fourth-order valence-corrected chi connectivity index (χ4v) is 2.86. The van der Waals surface area contributed by atoms with E-state index in [1.165, 1.54) is 24.2 Å². The number of rotatable bonds is 3. The maximum Gasteiger partial charge on any atom is 0.0575 e. The molecule has 1 aliphatic heterocycles. The first-order valence-corrected chi connectivity index (χ1v) is 7.89. The van der Waals surface area contributed by atoms with Gasteiger partial charge in [-0.1, -0.05) is 33.8 Å². The Morgan fingerprint density at radius 1 is 1.40 bits per heavy atom. The first kappa shape index (κ1) is 15.5. The molecule has 20 heavy (non-hydrogen) atoms. The van der Waals surface area contributed by atoms with Crippen molar-refractivity contribution in [3.63, 3.8) is 0 Å². The van der Waals surface area contributed by atoms with Gasteiger partial charge in [0, 0.05) is 25.3 Å². The smallest absolute Gasteiger partial charge is 0.0575 e. The molecule has 1 fully saturated rings. The number of hydrogen-bond acceptors (Lipinski definition) is 3. The highest BCUT2D eigenvalue weighted by molar-refractivity contribution is 5.19. The molecule has 1 aromatic rings. The van der Waals surface area contributed by atoms with E-state index < -0.39 is 0 Å². The summed E-state index contributed by atoms with van der Waals surface area (Å²) in [5.41, 5.74) is 2.95. The first-order valence-electron chi connectivity index (χ1n) is 7.89. The zero-order chi connectivity index (χ0) is 14.6. The van der Waals surface area contributed by atoms with Crippen molar-refractivity contribution in [1.29, 1.82) is 0 Å². The average Bonchev–Trinajstić information content (AvgIpc) is 2.64. The highest BCUT2D eigenvalue weighted by atomic mass is 15.2. The van der Waals surface area contributed by atoms with Crippen LogP contribution >= 0.6 is 0 Å². The summed E-state index contributed by atoms with van der Waals surface area (Å²) in [6.45, 7) is 13.6. The van der Waals surface area contributed by atoms with Gasteiger partial charge in [-0.3, -0.25) is 9.88 Å². The van der Waals surface area contributed by atoms with Crippen LogP contribution in [0.2, 0.25) is 0 Å². The summed E-state index contributed by atoms with van der Waals surface area (Å²) in [5.74, 6) is 0. The van der Waals surface area contributed by atoms with Crippen molar-refractivity contribution in [2.24, 2.45) is 5.41 Å². The summed E-state index contributed by atoms with van der Waals surface area (Å²) in [7, 11) is 0. The molecule has 2 rings (SSSR count). The minimum absolute atomic E-state index is 0.306. The number of hydrogen-bond donors (Lipinski definition) is 1. The van der Waals surface area contributed by atoms with Crippen molar-refractivity contribution >= 4 is 0 Å². The van der Waals surface area contributed by atoms with E-state index in [4.69, 9.17) is 0 Å². The van der Waals surface area contributed by atoms with Crippen LogP contribution in [-0.2, 0) is 13.0 Å². The average molecular weight is 275 g/mol. The Morgan fingerprint density at radius 2 is 2.20 bits per heavy atom. The minimum Gasteiger partial charge on any atom is -0.312 e. The summed E-state index contributed by atoms with van der Waals surface area (Å²) >= 11 is 0. The molecule has 0 aromatic carbocycles. The normalized spacial score (nSPS) is 21.7. The molecule has 2 heterocycles. The Hall–Kier alpha value is -0.930. The third-order valence-electron chi connectivity index (χ3n) is 4.27. The van der Waals surface area contributed by atoms with Gasteiger partial charge in [-0.2, -0.15) is 0 Å². The summed E-state index contributed by atoms with van der Waals surface area (Å²) in [5, 5.41) is 3.70. The van der Waals surface area contributed by atoms with Crippen molar-refractivity contribution < 1.29 is 0 Å². The maximum atomic E-state index is 4.60. The third kappa shape index (κ3) is 4.03.